The summed E-state index contributed by atoms with van der Waals surface area (Å²) in [5, 5.41) is 11.7. The number of anilines is 1. The first-order valence-corrected chi connectivity index (χ1v) is 9.96. The fourth-order valence-electron chi connectivity index (χ4n) is 3.42. The minimum atomic E-state index is -0.411. The van der Waals surface area contributed by atoms with E-state index in [1.807, 2.05) is 16.3 Å². The highest BCUT2D eigenvalue weighted by molar-refractivity contribution is 7.17. The molecule has 0 saturated carbocycles. The van der Waals surface area contributed by atoms with Gasteiger partial charge in [0.05, 0.1) is 37.6 Å². The normalized spacial score (nSPS) is 16.3. The number of carbonyl (C=O) groups is 1. The minimum Gasteiger partial charge on any atom is -0.493 e. The Kier molecular flexibility index (Phi) is 5.25. The summed E-state index contributed by atoms with van der Waals surface area (Å²) in [6.07, 6.45) is 0.243. The average Bonchev–Trinajstić information content (AvgIpc) is 3.39. The number of benzene rings is 1. The molecule has 29 heavy (non-hydrogen) atoms. The number of β-amino-alcohol motifs (C(OH)–C–C–N with tert-alkyl or cyclic N) is 1. The zero-order valence-electron chi connectivity index (χ0n) is 16.3. The summed E-state index contributed by atoms with van der Waals surface area (Å²) in [6.45, 7) is 1.10. The zero-order chi connectivity index (χ0) is 20.5. The molecule has 0 aliphatic carbocycles. The Morgan fingerprint density at radius 2 is 1.90 bits per heavy atom. The third-order valence-electron chi connectivity index (χ3n) is 4.88. The quantitative estimate of drug-likeness (QED) is 0.614. The molecule has 1 aliphatic heterocycles. The van der Waals surface area contributed by atoms with E-state index in [-0.39, 0.29) is 5.78 Å². The van der Waals surface area contributed by atoms with Gasteiger partial charge in [-0.2, -0.15) is 0 Å². The van der Waals surface area contributed by atoms with E-state index in [1.165, 1.54) is 32.7 Å². The number of aliphatic hydroxyl groups excluding tert-OH is 1. The highest BCUT2D eigenvalue weighted by atomic mass is 32.1. The topological polar surface area (TPSA) is 94.0 Å². The van der Waals surface area contributed by atoms with Crippen LogP contribution >= 0.6 is 11.3 Å². The standard InChI is InChI=1S/C20H21N3O5S/c1-26-14-8-11(9-15(27-2)18(14)28-3)17(25)16-19-13(5-7-29-19)21-20(22-16)23-6-4-12(24)10-23/h5,7-9,12,24H,4,6,10H2,1-3H3. The van der Waals surface area contributed by atoms with Crippen LogP contribution < -0.4 is 19.1 Å². The summed E-state index contributed by atoms with van der Waals surface area (Å²) in [5.41, 5.74) is 1.40. The molecule has 3 heterocycles. The summed E-state index contributed by atoms with van der Waals surface area (Å²) in [4.78, 5) is 24.5. The van der Waals surface area contributed by atoms with E-state index in [1.54, 1.807) is 12.1 Å². The first kappa shape index (κ1) is 19.4. The van der Waals surface area contributed by atoms with Gasteiger partial charge in [0.2, 0.25) is 17.5 Å². The van der Waals surface area contributed by atoms with Gasteiger partial charge in [0, 0.05) is 18.7 Å². The lowest BCUT2D eigenvalue weighted by Gasteiger charge is -2.17. The van der Waals surface area contributed by atoms with E-state index in [4.69, 9.17) is 14.2 Å². The lowest BCUT2D eigenvalue weighted by Crippen LogP contribution is -2.24. The van der Waals surface area contributed by atoms with Crippen molar-refractivity contribution in [3.8, 4) is 17.2 Å². The SMILES string of the molecule is COc1cc(C(=O)c2nc(N3CCC(O)C3)nc3ccsc23)cc(OC)c1OC. The molecule has 8 nitrogen and oxygen atoms in total. The molecule has 1 fully saturated rings. The number of carbonyl (C=O) groups excluding carboxylic acids is 1. The molecule has 0 spiro atoms. The van der Waals surface area contributed by atoms with E-state index < -0.39 is 6.10 Å². The summed E-state index contributed by atoms with van der Waals surface area (Å²) < 4.78 is 16.8. The van der Waals surface area contributed by atoms with E-state index in [0.29, 0.717) is 64.2 Å². The van der Waals surface area contributed by atoms with Crippen LogP contribution in [0.1, 0.15) is 22.5 Å². The number of aromatic nitrogens is 2. The number of hydrogen-bond acceptors (Lipinski definition) is 9. The van der Waals surface area contributed by atoms with Crippen molar-refractivity contribution in [2.75, 3.05) is 39.3 Å². The predicted octanol–water partition coefficient (Wildman–Crippen LogP) is 2.52. The van der Waals surface area contributed by atoms with Crippen molar-refractivity contribution in [1.82, 2.24) is 9.97 Å². The lowest BCUT2D eigenvalue weighted by molar-refractivity contribution is 0.103. The zero-order valence-corrected chi connectivity index (χ0v) is 17.2. The Bertz CT molecular complexity index is 1040. The second kappa shape index (κ2) is 7.84. The van der Waals surface area contributed by atoms with Crippen molar-refractivity contribution >= 4 is 33.3 Å². The monoisotopic (exact) mass is 415 g/mol. The first-order chi connectivity index (χ1) is 14.0. The highest BCUT2D eigenvalue weighted by Gasteiger charge is 2.26. The molecular formula is C20H21N3O5S. The van der Waals surface area contributed by atoms with Crippen LogP contribution in [0.4, 0.5) is 5.95 Å². The minimum absolute atomic E-state index is 0.264. The molecule has 1 atom stereocenters. The number of rotatable bonds is 6. The van der Waals surface area contributed by atoms with E-state index in [9.17, 15) is 9.90 Å². The molecule has 152 valence electrons. The number of ether oxygens (including phenoxy) is 3. The summed E-state index contributed by atoms with van der Waals surface area (Å²) >= 11 is 1.42. The third-order valence-corrected chi connectivity index (χ3v) is 5.79. The molecule has 1 unspecified atom stereocenters. The second-order valence-corrected chi connectivity index (χ2v) is 7.55. The van der Waals surface area contributed by atoms with Gasteiger partial charge < -0.3 is 24.2 Å². The van der Waals surface area contributed by atoms with Gasteiger partial charge in [-0.15, -0.1) is 11.3 Å². The Balaban J connectivity index is 1.82. The molecule has 2 aromatic heterocycles. The summed E-state index contributed by atoms with van der Waals surface area (Å²) in [6, 6.07) is 5.10. The molecule has 1 aliphatic rings. The molecule has 0 amide bonds. The Morgan fingerprint density at radius 3 is 2.48 bits per heavy atom. The van der Waals surface area contributed by atoms with Crippen molar-refractivity contribution in [3.05, 3.63) is 34.8 Å². The average molecular weight is 415 g/mol. The molecule has 0 radical (unpaired) electrons. The van der Waals surface area contributed by atoms with Crippen molar-refractivity contribution < 1.29 is 24.1 Å². The van der Waals surface area contributed by atoms with Crippen LogP contribution in [0.15, 0.2) is 23.6 Å². The van der Waals surface area contributed by atoms with Gasteiger partial charge >= 0.3 is 0 Å². The van der Waals surface area contributed by atoms with E-state index in [0.717, 1.165) is 0 Å². The molecule has 0 bridgehead atoms. The van der Waals surface area contributed by atoms with Crippen LogP contribution in [0.3, 0.4) is 0 Å². The first-order valence-electron chi connectivity index (χ1n) is 9.08. The van der Waals surface area contributed by atoms with Crippen molar-refractivity contribution in [1.29, 1.82) is 0 Å². The van der Waals surface area contributed by atoms with Crippen LogP contribution in [0.25, 0.3) is 10.2 Å². The molecule has 1 N–H and O–H groups in total. The third kappa shape index (κ3) is 3.47. The lowest BCUT2D eigenvalue weighted by atomic mass is 10.1. The smallest absolute Gasteiger partial charge is 0.226 e. The Morgan fingerprint density at radius 1 is 1.17 bits per heavy atom. The van der Waals surface area contributed by atoms with Crippen LogP contribution in [-0.4, -0.2) is 61.4 Å². The van der Waals surface area contributed by atoms with Gasteiger partial charge in [-0.1, -0.05) is 0 Å². The van der Waals surface area contributed by atoms with Gasteiger partial charge in [0.1, 0.15) is 5.69 Å². The van der Waals surface area contributed by atoms with Gasteiger partial charge in [-0.3, -0.25) is 4.79 Å². The number of hydrogen-bond donors (Lipinski definition) is 1. The molecule has 1 saturated heterocycles. The fraction of sp³-hybridized carbons (Fsp3) is 0.350. The van der Waals surface area contributed by atoms with Crippen molar-refractivity contribution in [2.45, 2.75) is 12.5 Å². The van der Waals surface area contributed by atoms with Gasteiger partial charge in [-0.25, -0.2) is 9.97 Å². The molecule has 9 heteroatoms. The number of thiophene rings is 1. The van der Waals surface area contributed by atoms with Crippen LogP contribution in [0.5, 0.6) is 17.2 Å². The number of ketones is 1. The van der Waals surface area contributed by atoms with Crippen LogP contribution in [0.2, 0.25) is 0 Å². The highest BCUT2D eigenvalue weighted by Crippen LogP contribution is 2.39. The Labute approximate surface area is 171 Å². The summed E-state index contributed by atoms with van der Waals surface area (Å²) in [5.74, 6) is 1.40. The predicted molar refractivity (Wildman–Crippen MR) is 110 cm³/mol. The maximum atomic E-state index is 13.4. The molecular weight excluding hydrogens is 394 g/mol. The Hall–Kier alpha value is -2.91. The van der Waals surface area contributed by atoms with Crippen molar-refractivity contribution in [3.63, 3.8) is 0 Å². The molecule has 4 rings (SSSR count). The number of methoxy groups -OCH3 is 3. The van der Waals surface area contributed by atoms with E-state index >= 15 is 0 Å². The molecule has 1 aromatic carbocycles. The van der Waals surface area contributed by atoms with Gasteiger partial charge in [0.25, 0.3) is 0 Å². The van der Waals surface area contributed by atoms with E-state index in [2.05, 4.69) is 9.97 Å². The van der Waals surface area contributed by atoms with Crippen LogP contribution in [-0.2, 0) is 0 Å². The maximum absolute atomic E-state index is 13.4. The van der Waals surface area contributed by atoms with Crippen LogP contribution in [0, 0.1) is 0 Å². The number of fused-ring (bicyclic) bond motifs is 1. The van der Waals surface area contributed by atoms with Gasteiger partial charge in [-0.05, 0) is 30.0 Å². The second-order valence-electron chi connectivity index (χ2n) is 6.64. The van der Waals surface area contributed by atoms with Gasteiger partial charge in [0.15, 0.2) is 11.5 Å². The maximum Gasteiger partial charge on any atom is 0.226 e. The fourth-order valence-corrected chi connectivity index (χ4v) is 4.24. The number of nitrogens with zero attached hydrogens (tertiary/aromatic N) is 3. The van der Waals surface area contributed by atoms with Crippen molar-refractivity contribution in [2.24, 2.45) is 0 Å². The summed E-state index contributed by atoms with van der Waals surface area (Å²) in [7, 11) is 4.52. The largest absolute Gasteiger partial charge is 0.493 e. The molecule has 3 aromatic rings. The number of aliphatic hydroxyl groups is 1.